The van der Waals surface area contributed by atoms with Gasteiger partial charge in [0.25, 0.3) is 0 Å². The third-order valence-electron chi connectivity index (χ3n) is 2.88. The van der Waals surface area contributed by atoms with E-state index in [4.69, 9.17) is 23.2 Å². The minimum Gasteiger partial charge on any atom is -0.228 e. The molecule has 106 valence electrons. The Morgan fingerprint density at radius 2 is 2.00 bits per heavy atom. The number of tetrazole rings is 1. The highest BCUT2D eigenvalue weighted by Gasteiger charge is 2.15. The van der Waals surface area contributed by atoms with Crippen LogP contribution in [-0.4, -0.2) is 25.2 Å². The van der Waals surface area contributed by atoms with E-state index in [0.29, 0.717) is 27.0 Å². The molecular weight excluding hydrogens is 315 g/mol. The Hall–Kier alpha value is -2.05. The molecular formula is C13H8Cl2FN5. The second kappa shape index (κ2) is 5.75. The number of benzene rings is 1. The zero-order chi connectivity index (χ0) is 14.8. The molecule has 0 radical (unpaired) electrons. The van der Waals surface area contributed by atoms with E-state index in [1.807, 2.05) is 0 Å². The highest BCUT2D eigenvalue weighted by molar-refractivity contribution is 6.43. The van der Waals surface area contributed by atoms with E-state index in [-0.39, 0.29) is 6.54 Å². The summed E-state index contributed by atoms with van der Waals surface area (Å²) in [5.41, 5.74) is 0.961. The molecule has 0 atom stereocenters. The number of hydrogen-bond donors (Lipinski definition) is 0. The van der Waals surface area contributed by atoms with Crippen LogP contribution in [0.25, 0.3) is 11.4 Å². The van der Waals surface area contributed by atoms with Gasteiger partial charge in [-0.2, -0.15) is 4.39 Å². The lowest BCUT2D eigenvalue weighted by Gasteiger charge is -2.07. The Morgan fingerprint density at radius 1 is 1.14 bits per heavy atom. The second-order valence-electron chi connectivity index (χ2n) is 4.21. The summed E-state index contributed by atoms with van der Waals surface area (Å²) < 4.78 is 15.1. The average molecular weight is 323 g/mol. The van der Waals surface area contributed by atoms with Crippen molar-refractivity contribution in [2.45, 2.75) is 6.54 Å². The van der Waals surface area contributed by atoms with Crippen LogP contribution in [0.4, 0.5) is 4.39 Å². The van der Waals surface area contributed by atoms with Gasteiger partial charge in [-0.05, 0) is 28.6 Å². The van der Waals surface area contributed by atoms with Crippen LogP contribution in [0.3, 0.4) is 0 Å². The van der Waals surface area contributed by atoms with Gasteiger partial charge >= 0.3 is 0 Å². The van der Waals surface area contributed by atoms with Gasteiger partial charge in [0.2, 0.25) is 5.95 Å². The molecule has 3 rings (SSSR count). The minimum atomic E-state index is -0.559. The zero-order valence-corrected chi connectivity index (χ0v) is 12.1. The van der Waals surface area contributed by atoms with Crippen molar-refractivity contribution in [3.63, 3.8) is 0 Å². The number of aromatic nitrogens is 5. The third-order valence-corrected chi connectivity index (χ3v) is 3.70. The van der Waals surface area contributed by atoms with Gasteiger partial charge in [-0.15, -0.1) is 5.10 Å². The molecule has 0 amide bonds. The molecule has 0 unspecified atom stereocenters. The van der Waals surface area contributed by atoms with Gasteiger partial charge < -0.3 is 0 Å². The lowest BCUT2D eigenvalue weighted by Crippen LogP contribution is -2.07. The summed E-state index contributed by atoms with van der Waals surface area (Å²) in [6.07, 6.45) is 1.38. The van der Waals surface area contributed by atoms with Crippen molar-refractivity contribution in [1.82, 2.24) is 25.2 Å². The number of halogens is 3. The highest BCUT2D eigenvalue weighted by atomic mass is 35.5. The molecule has 2 heterocycles. The van der Waals surface area contributed by atoms with Crippen molar-refractivity contribution >= 4 is 23.2 Å². The Bertz CT molecular complexity index is 790. The van der Waals surface area contributed by atoms with Gasteiger partial charge in [-0.3, -0.25) is 0 Å². The van der Waals surface area contributed by atoms with Crippen LogP contribution >= 0.6 is 23.2 Å². The number of rotatable bonds is 3. The van der Waals surface area contributed by atoms with Crippen LogP contribution in [0.2, 0.25) is 10.0 Å². The minimum absolute atomic E-state index is 0.144. The summed E-state index contributed by atoms with van der Waals surface area (Å²) in [4.78, 5) is 3.60. The molecule has 0 fully saturated rings. The number of nitrogens with zero attached hydrogens (tertiary/aromatic N) is 5. The fourth-order valence-corrected chi connectivity index (χ4v) is 2.26. The van der Waals surface area contributed by atoms with Crippen molar-refractivity contribution in [3.8, 4) is 11.4 Å². The Labute approximate surface area is 129 Å². The summed E-state index contributed by atoms with van der Waals surface area (Å²) in [7, 11) is 0. The van der Waals surface area contributed by atoms with Gasteiger partial charge in [0.1, 0.15) is 0 Å². The van der Waals surface area contributed by atoms with E-state index in [1.165, 1.54) is 10.9 Å². The predicted octanol–water partition coefficient (Wildman–Crippen LogP) is 3.23. The largest absolute Gasteiger partial charge is 0.228 e. The van der Waals surface area contributed by atoms with Crippen molar-refractivity contribution < 1.29 is 4.39 Å². The lowest BCUT2D eigenvalue weighted by molar-refractivity contribution is 0.546. The van der Waals surface area contributed by atoms with Crippen molar-refractivity contribution in [2.24, 2.45) is 0 Å². The van der Waals surface area contributed by atoms with E-state index in [2.05, 4.69) is 20.5 Å². The van der Waals surface area contributed by atoms with E-state index >= 15 is 0 Å². The second-order valence-corrected chi connectivity index (χ2v) is 5.00. The normalized spacial score (nSPS) is 10.8. The molecule has 0 spiro atoms. The van der Waals surface area contributed by atoms with Crippen LogP contribution < -0.4 is 0 Å². The SMILES string of the molecule is [18F]c1ncccc1Cn1nnnc1-c1cccc(Cl)c1Cl. The average Bonchev–Trinajstić information content (AvgIpc) is 2.92. The van der Waals surface area contributed by atoms with E-state index in [9.17, 15) is 4.39 Å². The molecule has 0 aliphatic carbocycles. The molecule has 0 bridgehead atoms. The Morgan fingerprint density at radius 3 is 2.81 bits per heavy atom. The van der Waals surface area contributed by atoms with Crippen LogP contribution in [0.1, 0.15) is 5.56 Å². The van der Waals surface area contributed by atoms with Crippen molar-refractivity contribution in [3.05, 3.63) is 58.1 Å². The van der Waals surface area contributed by atoms with Gasteiger partial charge in [0.15, 0.2) is 5.82 Å². The third kappa shape index (κ3) is 2.72. The molecule has 2 aromatic heterocycles. The van der Waals surface area contributed by atoms with Gasteiger partial charge in [-0.25, -0.2) is 9.67 Å². The Balaban J connectivity index is 2.02. The predicted molar refractivity (Wildman–Crippen MR) is 76.6 cm³/mol. The van der Waals surface area contributed by atoms with Crippen LogP contribution in [0.15, 0.2) is 36.5 Å². The fraction of sp³-hybridized carbons (Fsp3) is 0.0769. The molecule has 0 aliphatic heterocycles. The topological polar surface area (TPSA) is 56.5 Å². The number of pyridine rings is 1. The summed E-state index contributed by atoms with van der Waals surface area (Å²) in [6, 6.07) is 8.42. The summed E-state index contributed by atoms with van der Waals surface area (Å²) >= 11 is 12.2. The first kappa shape index (κ1) is 13.9. The molecule has 5 nitrogen and oxygen atoms in total. The molecule has 0 saturated heterocycles. The molecule has 0 aliphatic rings. The Kier molecular flexibility index (Phi) is 3.81. The van der Waals surface area contributed by atoms with Gasteiger partial charge in [0.05, 0.1) is 16.6 Å². The monoisotopic (exact) mass is 322 g/mol. The summed E-state index contributed by atoms with van der Waals surface area (Å²) in [6.45, 7) is 0.144. The highest BCUT2D eigenvalue weighted by Crippen LogP contribution is 2.32. The molecule has 1 aromatic carbocycles. The quantitative estimate of drug-likeness (QED) is 0.695. The molecule has 3 aromatic rings. The van der Waals surface area contributed by atoms with Gasteiger partial charge in [0, 0.05) is 17.3 Å². The van der Waals surface area contributed by atoms with Crippen LogP contribution in [0, 0.1) is 5.95 Å². The maximum atomic E-state index is 13.6. The molecule has 21 heavy (non-hydrogen) atoms. The van der Waals surface area contributed by atoms with Crippen LogP contribution in [0.5, 0.6) is 0 Å². The van der Waals surface area contributed by atoms with E-state index in [1.54, 1.807) is 30.3 Å². The fourth-order valence-electron chi connectivity index (χ4n) is 1.88. The summed E-state index contributed by atoms with van der Waals surface area (Å²) in [5, 5.41) is 12.2. The maximum Gasteiger partial charge on any atom is 0.217 e. The molecule has 8 heteroatoms. The summed E-state index contributed by atoms with van der Waals surface area (Å²) in [5.74, 6) is -0.151. The van der Waals surface area contributed by atoms with Gasteiger partial charge in [-0.1, -0.05) is 35.3 Å². The molecule has 0 saturated carbocycles. The smallest absolute Gasteiger partial charge is 0.217 e. The van der Waals surface area contributed by atoms with Crippen LogP contribution in [-0.2, 0) is 6.54 Å². The molecule has 0 N–H and O–H groups in total. The first-order valence-electron chi connectivity index (χ1n) is 5.97. The van der Waals surface area contributed by atoms with Crippen molar-refractivity contribution in [1.29, 1.82) is 0 Å². The maximum absolute atomic E-state index is 13.6. The van der Waals surface area contributed by atoms with E-state index < -0.39 is 5.95 Å². The lowest BCUT2D eigenvalue weighted by atomic mass is 10.2. The first-order chi connectivity index (χ1) is 10.2. The van der Waals surface area contributed by atoms with E-state index in [0.717, 1.165) is 0 Å². The zero-order valence-electron chi connectivity index (χ0n) is 10.5. The number of hydrogen-bond acceptors (Lipinski definition) is 4. The van der Waals surface area contributed by atoms with Crippen molar-refractivity contribution in [2.75, 3.05) is 0 Å². The standard InChI is InChI=1S/C13H8Cl2FN5/c14-10-5-1-4-9(11(10)15)13-18-19-20-21(13)7-8-3-2-6-17-12(8)16/h1-6H,7H2/i16-1. The first-order valence-corrected chi connectivity index (χ1v) is 6.72.